The summed E-state index contributed by atoms with van der Waals surface area (Å²) in [5, 5.41) is 9.64. The molecule has 1 N–H and O–H groups in total. The SMILES string of the molecule is CN(CCC(=O)O)c1ccc2c(-c3ccc(F)cc3Cl)cc(=O)oc2c1. The van der Waals surface area contributed by atoms with Crippen molar-refractivity contribution >= 4 is 34.2 Å². The molecule has 7 heteroatoms. The molecule has 0 saturated carbocycles. The van der Waals surface area contributed by atoms with Gasteiger partial charge in [-0.3, -0.25) is 4.79 Å². The Hall–Kier alpha value is -2.86. The first-order valence-corrected chi connectivity index (χ1v) is 8.19. The number of carboxylic acid groups (broad SMARTS) is 1. The second kappa shape index (κ2) is 7.17. The first kappa shape index (κ1) is 17.9. The molecule has 3 aromatic rings. The standard InChI is InChI=1S/C19H15ClFNO4/c1-22(7-6-18(23)24)12-3-5-14-15(10-19(25)26-17(14)9-12)13-4-2-11(21)8-16(13)20/h2-5,8-10H,6-7H2,1H3,(H,23,24). The largest absolute Gasteiger partial charge is 0.481 e. The van der Waals surface area contributed by atoms with Crippen molar-refractivity contribution in [1.29, 1.82) is 0 Å². The minimum absolute atomic E-state index is 0.0102. The Bertz CT molecular complexity index is 1050. The maximum atomic E-state index is 13.3. The van der Waals surface area contributed by atoms with Gasteiger partial charge in [0.05, 0.1) is 11.4 Å². The molecule has 2 aromatic carbocycles. The molecule has 0 amide bonds. The lowest BCUT2D eigenvalue weighted by molar-refractivity contribution is -0.136. The molecule has 134 valence electrons. The van der Waals surface area contributed by atoms with E-state index in [1.54, 1.807) is 30.1 Å². The van der Waals surface area contributed by atoms with Gasteiger partial charge < -0.3 is 14.4 Å². The van der Waals surface area contributed by atoms with Crippen LogP contribution in [-0.4, -0.2) is 24.7 Å². The normalized spacial score (nSPS) is 10.9. The monoisotopic (exact) mass is 375 g/mol. The zero-order valence-corrected chi connectivity index (χ0v) is 14.6. The van der Waals surface area contributed by atoms with E-state index in [0.717, 1.165) is 0 Å². The molecule has 0 radical (unpaired) electrons. The van der Waals surface area contributed by atoms with Crippen LogP contribution in [0.5, 0.6) is 0 Å². The zero-order chi connectivity index (χ0) is 18.8. The van der Waals surface area contributed by atoms with Gasteiger partial charge in [-0.2, -0.15) is 0 Å². The number of fused-ring (bicyclic) bond motifs is 1. The molecule has 3 rings (SSSR count). The number of carboxylic acids is 1. The van der Waals surface area contributed by atoms with E-state index >= 15 is 0 Å². The predicted octanol–water partition coefficient (Wildman–Crippen LogP) is 4.16. The summed E-state index contributed by atoms with van der Waals surface area (Å²) < 4.78 is 18.6. The van der Waals surface area contributed by atoms with Crippen LogP contribution < -0.4 is 10.5 Å². The number of benzene rings is 2. The van der Waals surface area contributed by atoms with Crippen LogP contribution in [0.15, 0.2) is 51.7 Å². The van der Waals surface area contributed by atoms with Crippen LogP contribution in [0.3, 0.4) is 0 Å². The molecule has 5 nitrogen and oxygen atoms in total. The number of rotatable bonds is 5. The van der Waals surface area contributed by atoms with E-state index in [1.807, 2.05) is 0 Å². The molecule has 0 saturated heterocycles. The quantitative estimate of drug-likeness (QED) is 0.678. The van der Waals surface area contributed by atoms with Gasteiger partial charge in [0, 0.05) is 47.9 Å². The van der Waals surface area contributed by atoms with Crippen LogP contribution in [0.2, 0.25) is 5.02 Å². The lowest BCUT2D eigenvalue weighted by atomic mass is 10.0. The number of hydrogen-bond donors (Lipinski definition) is 1. The summed E-state index contributed by atoms with van der Waals surface area (Å²) in [4.78, 5) is 24.5. The van der Waals surface area contributed by atoms with Crippen LogP contribution in [-0.2, 0) is 4.79 Å². The van der Waals surface area contributed by atoms with Crippen molar-refractivity contribution < 1.29 is 18.7 Å². The Morgan fingerprint density at radius 2 is 1.96 bits per heavy atom. The average molecular weight is 376 g/mol. The molecule has 0 bridgehead atoms. The van der Waals surface area contributed by atoms with Crippen LogP contribution >= 0.6 is 11.6 Å². The predicted molar refractivity (Wildman–Crippen MR) is 98.4 cm³/mol. The second-order valence-corrected chi connectivity index (χ2v) is 6.26. The van der Waals surface area contributed by atoms with Crippen LogP contribution in [0.4, 0.5) is 10.1 Å². The summed E-state index contributed by atoms with van der Waals surface area (Å²) in [5.41, 5.74) is 1.56. The van der Waals surface area contributed by atoms with E-state index in [2.05, 4.69) is 0 Å². The van der Waals surface area contributed by atoms with Crippen molar-refractivity contribution in [3.8, 4) is 11.1 Å². The first-order chi connectivity index (χ1) is 12.3. The van der Waals surface area contributed by atoms with Gasteiger partial charge in [0.25, 0.3) is 0 Å². The molecule has 0 aliphatic heterocycles. The fourth-order valence-corrected chi connectivity index (χ4v) is 2.98. The van der Waals surface area contributed by atoms with Gasteiger partial charge in [-0.1, -0.05) is 11.6 Å². The molecular formula is C19H15ClFNO4. The maximum Gasteiger partial charge on any atom is 0.336 e. The van der Waals surface area contributed by atoms with Crippen LogP contribution in [0.1, 0.15) is 6.42 Å². The van der Waals surface area contributed by atoms with E-state index in [9.17, 15) is 14.0 Å². The zero-order valence-electron chi connectivity index (χ0n) is 13.8. The molecule has 0 aliphatic carbocycles. The Balaban J connectivity index is 2.09. The fraction of sp³-hybridized carbons (Fsp3) is 0.158. The van der Waals surface area contributed by atoms with Crippen molar-refractivity contribution in [3.63, 3.8) is 0 Å². The third-order valence-electron chi connectivity index (χ3n) is 4.05. The minimum atomic E-state index is -0.891. The molecule has 0 aliphatic rings. The van der Waals surface area contributed by atoms with E-state index < -0.39 is 17.4 Å². The number of aliphatic carboxylic acids is 1. The minimum Gasteiger partial charge on any atom is -0.481 e. The molecular weight excluding hydrogens is 361 g/mol. The van der Waals surface area contributed by atoms with E-state index in [1.165, 1.54) is 24.3 Å². The van der Waals surface area contributed by atoms with Crippen molar-refractivity contribution in [2.45, 2.75) is 6.42 Å². The highest BCUT2D eigenvalue weighted by Crippen LogP contribution is 2.34. The summed E-state index contributed by atoms with van der Waals surface area (Å²) in [5.74, 6) is -1.36. The van der Waals surface area contributed by atoms with Gasteiger partial charge in [-0.25, -0.2) is 9.18 Å². The van der Waals surface area contributed by atoms with Crippen LogP contribution in [0, 0.1) is 5.82 Å². The summed E-state index contributed by atoms with van der Waals surface area (Å²) in [7, 11) is 1.75. The summed E-state index contributed by atoms with van der Waals surface area (Å²) >= 11 is 6.13. The average Bonchev–Trinajstić information content (AvgIpc) is 2.58. The lowest BCUT2D eigenvalue weighted by Gasteiger charge is -2.18. The summed E-state index contributed by atoms with van der Waals surface area (Å²) in [6, 6.07) is 10.5. The lowest BCUT2D eigenvalue weighted by Crippen LogP contribution is -2.20. The topological polar surface area (TPSA) is 70.8 Å². The number of halogens is 2. The number of anilines is 1. The van der Waals surface area contributed by atoms with E-state index in [-0.39, 0.29) is 11.4 Å². The third-order valence-corrected chi connectivity index (χ3v) is 4.36. The molecule has 26 heavy (non-hydrogen) atoms. The van der Waals surface area contributed by atoms with Crippen molar-refractivity contribution in [1.82, 2.24) is 0 Å². The van der Waals surface area contributed by atoms with Crippen molar-refractivity contribution in [3.05, 3.63) is 63.7 Å². The smallest absolute Gasteiger partial charge is 0.336 e. The number of hydrogen-bond acceptors (Lipinski definition) is 4. The highest BCUT2D eigenvalue weighted by atomic mass is 35.5. The highest BCUT2D eigenvalue weighted by molar-refractivity contribution is 6.33. The van der Waals surface area contributed by atoms with Crippen molar-refractivity contribution in [2.24, 2.45) is 0 Å². The van der Waals surface area contributed by atoms with Gasteiger partial charge >= 0.3 is 11.6 Å². The van der Waals surface area contributed by atoms with Crippen LogP contribution in [0.25, 0.3) is 22.1 Å². The van der Waals surface area contributed by atoms with Gasteiger partial charge in [0.15, 0.2) is 0 Å². The molecule has 0 spiro atoms. The molecule has 0 atom stereocenters. The maximum absolute atomic E-state index is 13.3. The highest BCUT2D eigenvalue weighted by Gasteiger charge is 2.13. The van der Waals surface area contributed by atoms with Gasteiger partial charge in [0.2, 0.25) is 0 Å². The summed E-state index contributed by atoms with van der Waals surface area (Å²) in [6.07, 6.45) is -0.0102. The fourth-order valence-electron chi connectivity index (χ4n) is 2.71. The molecule has 1 heterocycles. The Kier molecular flexibility index (Phi) is 4.95. The second-order valence-electron chi connectivity index (χ2n) is 5.85. The third kappa shape index (κ3) is 3.70. The molecule has 0 unspecified atom stereocenters. The van der Waals surface area contributed by atoms with Gasteiger partial charge in [-0.05, 0) is 30.3 Å². The molecule has 1 aromatic heterocycles. The number of carbonyl (C=O) groups is 1. The Labute approximate surface area is 153 Å². The molecule has 0 fully saturated rings. The summed E-state index contributed by atoms with van der Waals surface area (Å²) in [6.45, 7) is 0.314. The van der Waals surface area contributed by atoms with Crippen molar-refractivity contribution in [2.75, 3.05) is 18.5 Å². The Morgan fingerprint density at radius 3 is 2.65 bits per heavy atom. The van der Waals surface area contributed by atoms with E-state index in [0.29, 0.717) is 34.3 Å². The van der Waals surface area contributed by atoms with Gasteiger partial charge in [-0.15, -0.1) is 0 Å². The first-order valence-electron chi connectivity index (χ1n) is 7.81. The number of nitrogens with zero attached hydrogens (tertiary/aromatic N) is 1. The Morgan fingerprint density at radius 1 is 1.19 bits per heavy atom. The van der Waals surface area contributed by atoms with E-state index in [4.69, 9.17) is 21.1 Å². The van der Waals surface area contributed by atoms with Gasteiger partial charge in [0.1, 0.15) is 11.4 Å².